The molecule has 0 saturated carbocycles. The Kier molecular flexibility index (Phi) is 5.24. The van der Waals surface area contributed by atoms with E-state index < -0.39 is 10.0 Å². The summed E-state index contributed by atoms with van der Waals surface area (Å²) in [6.45, 7) is 1.71. The van der Waals surface area contributed by atoms with Gasteiger partial charge in [0.15, 0.2) is 0 Å². The van der Waals surface area contributed by atoms with Crippen LogP contribution in [0.3, 0.4) is 0 Å². The highest BCUT2D eigenvalue weighted by molar-refractivity contribution is 7.92. The minimum atomic E-state index is -3.43. The molecule has 9 heteroatoms. The molecule has 7 nitrogen and oxygen atoms in total. The monoisotopic (exact) mass is 402 g/mol. The highest BCUT2D eigenvalue weighted by Crippen LogP contribution is 2.28. The van der Waals surface area contributed by atoms with E-state index in [2.05, 4.69) is 15.5 Å². The van der Waals surface area contributed by atoms with Crippen LogP contribution in [-0.2, 0) is 10.0 Å². The van der Waals surface area contributed by atoms with Crippen LogP contribution in [0, 0.1) is 6.92 Å². The number of anilines is 2. The van der Waals surface area contributed by atoms with E-state index in [1.165, 1.54) is 18.4 Å². The van der Waals surface area contributed by atoms with E-state index in [1.807, 2.05) is 30.3 Å². The average molecular weight is 403 g/mol. The van der Waals surface area contributed by atoms with Crippen molar-refractivity contribution in [3.05, 3.63) is 59.7 Å². The fourth-order valence-electron chi connectivity index (χ4n) is 2.52. The molecule has 1 heterocycles. The second kappa shape index (κ2) is 7.45. The van der Waals surface area contributed by atoms with Gasteiger partial charge in [-0.15, -0.1) is 10.2 Å². The molecule has 2 aromatic carbocycles. The summed E-state index contributed by atoms with van der Waals surface area (Å²) in [5.41, 5.74) is 2.31. The summed E-state index contributed by atoms with van der Waals surface area (Å²) in [5.74, 6) is -0.369. The molecule has 0 unspecified atom stereocenters. The van der Waals surface area contributed by atoms with Gasteiger partial charge in [0.05, 0.1) is 11.9 Å². The van der Waals surface area contributed by atoms with Gasteiger partial charge in [0.25, 0.3) is 5.91 Å². The van der Waals surface area contributed by atoms with Crippen LogP contribution in [0.1, 0.15) is 15.9 Å². The lowest BCUT2D eigenvalue weighted by atomic mass is 10.1. The highest BCUT2D eigenvalue weighted by atomic mass is 32.2. The summed E-state index contributed by atoms with van der Waals surface area (Å²) in [7, 11) is -1.97. The van der Waals surface area contributed by atoms with Crippen LogP contribution in [0.2, 0.25) is 0 Å². The number of rotatable bonds is 5. The zero-order valence-electron chi connectivity index (χ0n) is 15.0. The molecule has 0 aliphatic carbocycles. The molecule has 1 aromatic heterocycles. The Morgan fingerprint density at radius 1 is 1.07 bits per heavy atom. The van der Waals surface area contributed by atoms with E-state index in [0.29, 0.717) is 27.0 Å². The first kappa shape index (κ1) is 19.0. The van der Waals surface area contributed by atoms with Gasteiger partial charge in [-0.1, -0.05) is 47.7 Å². The largest absolute Gasteiger partial charge is 0.296 e. The fourth-order valence-corrected chi connectivity index (χ4v) is 3.82. The molecule has 1 N–H and O–H groups in total. The first-order valence-electron chi connectivity index (χ1n) is 8.01. The molecule has 3 aromatic rings. The van der Waals surface area contributed by atoms with Crippen LogP contribution < -0.4 is 9.62 Å². The molecular weight excluding hydrogens is 384 g/mol. The van der Waals surface area contributed by atoms with Gasteiger partial charge < -0.3 is 0 Å². The summed E-state index contributed by atoms with van der Waals surface area (Å²) in [5, 5.41) is 11.9. The molecule has 0 atom stereocenters. The smallest absolute Gasteiger partial charge is 0.257 e. The van der Waals surface area contributed by atoms with Gasteiger partial charge in [-0.3, -0.25) is 14.4 Å². The zero-order valence-corrected chi connectivity index (χ0v) is 16.6. The summed E-state index contributed by atoms with van der Waals surface area (Å²) >= 11 is 1.27. The standard InChI is InChI=1S/C18H18N4O3S2/c1-12-14(10-7-11-15(12)22(2)27(3,24)25)16(23)19-18-21-20-17(26-18)13-8-5-4-6-9-13/h4-11H,1-3H3,(H,19,21,23). The Morgan fingerprint density at radius 2 is 1.78 bits per heavy atom. The maximum absolute atomic E-state index is 12.7. The molecule has 0 spiro atoms. The molecule has 0 aliphatic rings. The topological polar surface area (TPSA) is 92.3 Å². The molecule has 0 saturated heterocycles. The zero-order chi connectivity index (χ0) is 19.6. The lowest BCUT2D eigenvalue weighted by Gasteiger charge is -2.20. The highest BCUT2D eigenvalue weighted by Gasteiger charge is 2.19. The Morgan fingerprint density at radius 3 is 2.44 bits per heavy atom. The summed E-state index contributed by atoms with van der Waals surface area (Å²) in [6.07, 6.45) is 1.12. The first-order valence-corrected chi connectivity index (χ1v) is 10.7. The van der Waals surface area contributed by atoms with Crippen molar-refractivity contribution in [2.45, 2.75) is 6.92 Å². The summed E-state index contributed by atoms with van der Waals surface area (Å²) in [6, 6.07) is 14.5. The van der Waals surface area contributed by atoms with E-state index in [4.69, 9.17) is 0 Å². The van der Waals surface area contributed by atoms with Crippen molar-refractivity contribution in [1.29, 1.82) is 0 Å². The molecule has 1 amide bonds. The van der Waals surface area contributed by atoms with Gasteiger partial charge in [-0.05, 0) is 24.6 Å². The number of sulfonamides is 1. The third-order valence-corrected chi connectivity index (χ3v) is 6.13. The van der Waals surface area contributed by atoms with Crippen molar-refractivity contribution in [2.75, 3.05) is 22.9 Å². The van der Waals surface area contributed by atoms with Gasteiger partial charge in [0.2, 0.25) is 15.2 Å². The van der Waals surface area contributed by atoms with Crippen LogP contribution in [0.4, 0.5) is 10.8 Å². The van der Waals surface area contributed by atoms with E-state index in [0.717, 1.165) is 16.1 Å². The average Bonchev–Trinajstić information content (AvgIpc) is 3.09. The van der Waals surface area contributed by atoms with E-state index in [9.17, 15) is 13.2 Å². The maximum Gasteiger partial charge on any atom is 0.257 e. The predicted molar refractivity (Wildman–Crippen MR) is 108 cm³/mol. The predicted octanol–water partition coefficient (Wildman–Crippen LogP) is 3.16. The van der Waals surface area contributed by atoms with Gasteiger partial charge in [0, 0.05) is 18.2 Å². The van der Waals surface area contributed by atoms with Gasteiger partial charge in [0.1, 0.15) is 5.01 Å². The molecule has 0 bridgehead atoms. The third kappa shape index (κ3) is 4.15. The molecular formula is C18H18N4O3S2. The van der Waals surface area contributed by atoms with Crippen molar-refractivity contribution in [1.82, 2.24) is 10.2 Å². The normalized spacial score (nSPS) is 11.2. The molecule has 0 radical (unpaired) electrons. The van der Waals surface area contributed by atoms with Gasteiger partial charge in [-0.25, -0.2) is 8.42 Å². The van der Waals surface area contributed by atoms with Crippen molar-refractivity contribution < 1.29 is 13.2 Å². The molecule has 27 heavy (non-hydrogen) atoms. The Labute approximate surface area is 161 Å². The number of hydrogen-bond acceptors (Lipinski definition) is 6. The molecule has 3 rings (SSSR count). The minimum absolute atomic E-state index is 0.369. The third-order valence-electron chi connectivity index (χ3n) is 4.05. The molecule has 0 fully saturated rings. The lowest BCUT2D eigenvalue weighted by molar-refractivity contribution is 0.102. The van der Waals surface area contributed by atoms with Crippen LogP contribution >= 0.6 is 11.3 Å². The Hall–Kier alpha value is -2.78. The first-order chi connectivity index (χ1) is 12.8. The van der Waals surface area contributed by atoms with Crippen molar-refractivity contribution in [3.63, 3.8) is 0 Å². The SMILES string of the molecule is Cc1c(C(=O)Nc2nnc(-c3ccccc3)s2)cccc1N(C)S(C)(=O)=O. The van der Waals surface area contributed by atoms with E-state index in [1.54, 1.807) is 25.1 Å². The van der Waals surface area contributed by atoms with Crippen LogP contribution in [0.5, 0.6) is 0 Å². The van der Waals surface area contributed by atoms with E-state index >= 15 is 0 Å². The number of nitrogens with zero attached hydrogens (tertiary/aromatic N) is 3. The lowest BCUT2D eigenvalue weighted by Crippen LogP contribution is -2.26. The number of carbonyl (C=O) groups excluding carboxylic acids is 1. The number of benzene rings is 2. The molecule has 0 aliphatic heterocycles. The second-order valence-corrected chi connectivity index (χ2v) is 8.90. The van der Waals surface area contributed by atoms with Gasteiger partial charge in [-0.2, -0.15) is 0 Å². The summed E-state index contributed by atoms with van der Waals surface area (Å²) < 4.78 is 24.8. The maximum atomic E-state index is 12.7. The van der Waals surface area contributed by atoms with Crippen molar-refractivity contribution in [3.8, 4) is 10.6 Å². The van der Waals surface area contributed by atoms with Gasteiger partial charge >= 0.3 is 0 Å². The Bertz CT molecular complexity index is 1080. The number of carbonyl (C=O) groups is 1. The number of nitrogens with one attached hydrogen (secondary N) is 1. The second-order valence-electron chi connectivity index (χ2n) is 5.91. The van der Waals surface area contributed by atoms with Crippen molar-refractivity contribution in [2.24, 2.45) is 0 Å². The van der Waals surface area contributed by atoms with Crippen LogP contribution in [0.15, 0.2) is 48.5 Å². The number of hydrogen-bond donors (Lipinski definition) is 1. The number of amides is 1. The quantitative estimate of drug-likeness (QED) is 0.708. The fraction of sp³-hybridized carbons (Fsp3) is 0.167. The van der Waals surface area contributed by atoms with Crippen molar-refractivity contribution >= 4 is 38.1 Å². The number of aromatic nitrogens is 2. The Balaban J connectivity index is 1.84. The van der Waals surface area contributed by atoms with Crippen LogP contribution in [0.25, 0.3) is 10.6 Å². The van der Waals surface area contributed by atoms with Crippen LogP contribution in [-0.4, -0.2) is 37.8 Å². The van der Waals surface area contributed by atoms with E-state index in [-0.39, 0.29) is 5.91 Å². The minimum Gasteiger partial charge on any atom is -0.296 e. The summed E-state index contributed by atoms with van der Waals surface area (Å²) in [4.78, 5) is 12.7. The molecule has 140 valence electrons.